The number of nitrogens with zero attached hydrogens (tertiary/aromatic N) is 4. The van der Waals surface area contributed by atoms with Gasteiger partial charge in [-0.1, -0.05) is 11.3 Å². The molecule has 0 spiro atoms. The van der Waals surface area contributed by atoms with Gasteiger partial charge in [-0.3, -0.25) is 4.79 Å². The van der Waals surface area contributed by atoms with Crippen LogP contribution in [0, 0.1) is 5.92 Å². The van der Waals surface area contributed by atoms with Gasteiger partial charge in [0.05, 0.1) is 12.5 Å². The van der Waals surface area contributed by atoms with E-state index in [1.807, 2.05) is 0 Å². The number of hydrogen-bond acceptors (Lipinski definition) is 7. The number of nitrogens with one attached hydrogen (secondary N) is 2. The van der Waals surface area contributed by atoms with E-state index >= 15 is 0 Å². The average molecular weight is 457 g/mol. The van der Waals surface area contributed by atoms with Crippen molar-refractivity contribution in [2.24, 2.45) is 5.92 Å². The van der Waals surface area contributed by atoms with Crippen molar-refractivity contribution in [2.75, 3.05) is 33.4 Å². The van der Waals surface area contributed by atoms with Crippen LogP contribution in [-0.2, 0) is 28.9 Å². The van der Waals surface area contributed by atoms with E-state index < -0.39 is 0 Å². The lowest BCUT2D eigenvalue weighted by Crippen LogP contribution is -2.43. The number of H-pyrrole nitrogens is 1. The summed E-state index contributed by atoms with van der Waals surface area (Å²) in [7, 11) is 1.73. The largest absolute Gasteiger partial charge is 0.494 e. The van der Waals surface area contributed by atoms with Gasteiger partial charge < -0.3 is 19.7 Å². The molecule has 0 unspecified atom stereocenters. The SMILES string of the molecule is COCCCc1cc(CN(C(=O)[C@@H]2CCCNC2)C2CC2)cc(OCCCc2nn[nH]n2)c1. The molecule has 1 atom stereocenters. The molecule has 1 aliphatic heterocycles. The molecule has 4 rings (SSSR count). The topological polar surface area (TPSA) is 105 Å². The van der Waals surface area contributed by atoms with E-state index in [-0.39, 0.29) is 5.92 Å². The van der Waals surface area contributed by atoms with Crippen LogP contribution in [0.25, 0.3) is 0 Å². The van der Waals surface area contributed by atoms with Crippen molar-refractivity contribution in [2.45, 2.75) is 64.0 Å². The molecule has 180 valence electrons. The van der Waals surface area contributed by atoms with Gasteiger partial charge in [0.25, 0.3) is 0 Å². The second-order valence-corrected chi connectivity index (χ2v) is 9.10. The lowest BCUT2D eigenvalue weighted by Gasteiger charge is -2.30. The van der Waals surface area contributed by atoms with Crippen LogP contribution in [0.2, 0.25) is 0 Å². The molecule has 1 saturated heterocycles. The number of methoxy groups -OCH3 is 1. The Morgan fingerprint density at radius 3 is 2.70 bits per heavy atom. The van der Waals surface area contributed by atoms with Gasteiger partial charge in [0.2, 0.25) is 5.91 Å². The highest BCUT2D eigenvalue weighted by atomic mass is 16.5. The van der Waals surface area contributed by atoms with Crippen molar-refractivity contribution in [1.29, 1.82) is 0 Å². The Morgan fingerprint density at radius 2 is 1.97 bits per heavy atom. The zero-order chi connectivity index (χ0) is 22.9. The Bertz CT molecular complexity index is 865. The van der Waals surface area contributed by atoms with Gasteiger partial charge in [0, 0.05) is 39.3 Å². The minimum absolute atomic E-state index is 0.102. The molecule has 33 heavy (non-hydrogen) atoms. The molecule has 0 bridgehead atoms. The predicted octanol–water partition coefficient (Wildman–Crippen LogP) is 2.28. The fraction of sp³-hybridized carbons (Fsp3) is 0.667. The van der Waals surface area contributed by atoms with E-state index in [9.17, 15) is 4.79 Å². The molecule has 1 saturated carbocycles. The summed E-state index contributed by atoms with van der Waals surface area (Å²) in [4.78, 5) is 15.4. The van der Waals surface area contributed by atoms with E-state index in [0.717, 1.165) is 82.4 Å². The lowest BCUT2D eigenvalue weighted by atomic mass is 9.97. The number of ether oxygens (including phenoxy) is 2. The van der Waals surface area contributed by atoms with Gasteiger partial charge in [0.1, 0.15) is 5.75 Å². The van der Waals surface area contributed by atoms with Gasteiger partial charge in [-0.05, 0) is 74.8 Å². The third kappa shape index (κ3) is 7.23. The molecule has 1 aromatic carbocycles. The van der Waals surface area contributed by atoms with Crippen molar-refractivity contribution in [3.63, 3.8) is 0 Å². The molecule has 2 heterocycles. The number of amides is 1. The highest BCUT2D eigenvalue weighted by Crippen LogP contribution is 2.32. The number of carbonyl (C=O) groups is 1. The van der Waals surface area contributed by atoms with Crippen molar-refractivity contribution >= 4 is 5.91 Å². The molecule has 2 N–H and O–H groups in total. The number of carbonyl (C=O) groups excluding carboxylic acids is 1. The highest BCUT2D eigenvalue weighted by molar-refractivity contribution is 5.80. The molecule has 2 aliphatic rings. The molecule has 2 fully saturated rings. The molecule has 0 radical (unpaired) electrons. The number of hydrogen-bond donors (Lipinski definition) is 2. The minimum atomic E-state index is 0.102. The predicted molar refractivity (Wildman–Crippen MR) is 124 cm³/mol. The Morgan fingerprint density at radius 1 is 1.12 bits per heavy atom. The maximum absolute atomic E-state index is 13.3. The third-order valence-corrected chi connectivity index (χ3v) is 6.31. The first-order valence-corrected chi connectivity index (χ1v) is 12.2. The molecule has 1 aromatic heterocycles. The number of benzene rings is 1. The standard InChI is InChI=1S/C24H36N6O3/c1-32-11-3-5-18-13-19(15-22(14-18)33-12-4-7-23-26-28-29-27-23)17-30(21-8-9-21)24(31)20-6-2-10-25-16-20/h13-15,20-21,25H,2-12,16-17H2,1H3,(H,26,27,28,29)/t20-/m1/s1. The molecule has 9 nitrogen and oxygen atoms in total. The van der Waals surface area contributed by atoms with Crippen molar-refractivity contribution in [3.8, 4) is 5.75 Å². The normalized spacial score (nSPS) is 18.3. The summed E-state index contributed by atoms with van der Waals surface area (Å²) in [6.45, 7) is 3.77. The summed E-state index contributed by atoms with van der Waals surface area (Å²) in [6.07, 6.45) is 7.69. The fourth-order valence-electron chi connectivity index (χ4n) is 4.44. The van der Waals surface area contributed by atoms with Crippen LogP contribution >= 0.6 is 0 Å². The fourth-order valence-corrected chi connectivity index (χ4v) is 4.44. The maximum Gasteiger partial charge on any atom is 0.227 e. The first kappa shape index (κ1) is 23.6. The van der Waals surface area contributed by atoms with Crippen LogP contribution in [-0.4, -0.2) is 70.9 Å². The van der Waals surface area contributed by atoms with Gasteiger partial charge >= 0.3 is 0 Å². The molecule has 1 aliphatic carbocycles. The average Bonchev–Trinajstić information content (AvgIpc) is 3.55. The lowest BCUT2D eigenvalue weighted by molar-refractivity contribution is -0.137. The monoisotopic (exact) mass is 456 g/mol. The second-order valence-electron chi connectivity index (χ2n) is 9.10. The van der Waals surface area contributed by atoms with Gasteiger partial charge in [-0.2, -0.15) is 5.21 Å². The smallest absolute Gasteiger partial charge is 0.227 e. The Hall–Kier alpha value is -2.52. The van der Waals surface area contributed by atoms with Crippen LogP contribution < -0.4 is 10.1 Å². The van der Waals surface area contributed by atoms with E-state index in [1.165, 1.54) is 5.56 Å². The van der Waals surface area contributed by atoms with Crippen LogP contribution in [0.15, 0.2) is 18.2 Å². The number of aromatic amines is 1. The van der Waals surface area contributed by atoms with Crippen molar-refractivity contribution in [1.82, 2.24) is 30.8 Å². The number of rotatable bonds is 13. The quantitative estimate of drug-likeness (QED) is 0.446. The zero-order valence-electron chi connectivity index (χ0n) is 19.6. The molecule has 2 aromatic rings. The summed E-state index contributed by atoms with van der Waals surface area (Å²) in [6, 6.07) is 6.82. The Balaban J connectivity index is 1.41. The minimum Gasteiger partial charge on any atom is -0.494 e. The van der Waals surface area contributed by atoms with Crippen molar-refractivity contribution < 1.29 is 14.3 Å². The van der Waals surface area contributed by atoms with Crippen LogP contribution in [0.1, 0.15) is 55.5 Å². The number of tetrazole rings is 1. The van der Waals surface area contributed by atoms with Crippen LogP contribution in [0.5, 0.6) is 5.75 Å². The summed E-state index contributed by atoms with van der Waals surface area (Å²) in [5.41, 5.74) is 2.36. The number of aryl methyl sites for hydroxylation is 2. The van der Waals surface area contributed by atoms with E-state index in [4.69, 9.17) is 9.47 Å². The first-order chi connectivity index (χ1) is 16.2. The third-order valence-electron chi connectivity index (χ3n) is 6.31. The molecular weight excluding hydrogens is 420 g/mol. The van der Waals surface area contributed by atoms with E-state index in [1.54, 1.807) is 7.11 Å². The highest BCUT2D eigenvalue weighted by Gasteiger charge is 2.36. The second kappa shape index (κ2) is 12.1. The Kier molecular flexibility index (Phi) is 8.65. The molecule has 1 amide bonds. The van der Waals surface area contributed by atoms with Gasteiger partial charge in [0.15, 0.2) is 5.82 Å². The van der Waals surface area contributed by atoms with Gasteiger partial charge in [-0.15, -0.1) is 10.2 Å². The zero-order valence-corrected chi connectivity index (χ0v) is 19.6. The van der Waals surface area contributed by atoms with Crippen LogP contribution in [0.4, 0.5) is 0 Å². The molecular formula is C24H36N6O3. The summed E-state index contributed by atoms with van der Waals surface area (Å²) in [5.74, 6) is 1.96. The molecule has 9 heteroatoms. The Labute approximate surface area is 195 Å². The maximum atomic E-state index is 13.3. The van der Waals surface area contributed by atoms with E-state index in [2.05, 4.69) is 49.0 Å². The number of piperidine rings is 1. The van der Waals surface area contributed by atoms with Crippen LogP contribution in [0.3, 0.4) is 0 Å². The summed E-state index contributed by atoms with van der Waals surface area (Å²) in [5, 5.41) is 17.4. The summed E-state index contributed by atoms with van der Waals surface area (Å²) < 4.78 is 11.3. The van der Waals surface area contributed by atoms with Gasteiger partial charge in [-0.25, -0.2) is 0 Å². The van der Waals surface area contributed by atoms with E-state index in [0.29, 0.717) is 30.9 Å². The first-order valence-electron chi connectivity index (χ1n) is 12.2. The summed E-state index contributed by atoms with van der Waals surface area (Å²) >= 11 is 0. The van der Waals surface area contributed by atoms with Crippen molar-refractivity contribution in [3.05, 3.63) is 35.2 Å². The number of aromatic nitrogens is 4.